The van der Waals surface area contributed by atoms with Crippen LogP contribution in [0.3, 0.4) is 0 Å². The summed E-state index contributed by atoms with van der Waals surface area (Å²) in [6, 6.07) is 3.69. The topological polar surface area (TPSA) is 79.3 Å². The Morgan fingerprint density at radius 3 is 2.74 bits per heavy atom. The molecule has 1 amide bonds. The third-order valence-corrected chi connectivity index (χ3v) is 3.70. The minimum absolute atomic E-state index is 0.117. The van der Waals surface area contributed by atoms with Crippen molar-refractivity contribution in [2.45, 2.75) is 26.7 Å². The number of carboxylic acids is 1. The lowest BCUT2D eigenvalue weighted by molar-refractivity contribution is -0.114. The van der Waals surface area contributed by atoms with Crippen molar-refractivity contribution in [3.05, 3.63) is 22.7 Å². The number of hydrogen-bond acceptors (Lipinski definition) is 4. The van der Waals surface area contributed by atoms with Gasteiger partial charge in [0.1, 0.15) is 9.71 Å². The number of hydrogen-bond donors (Lipinski definition) is 2. The van der Waals surface area contributed by atoms with Crippen LogP contribution in [-0.2, 0) is 11.2 Å². The van der Waals surface area contributed by atoms with E-state index in [1.165, 1.54) is 6.92 Å². The summed E-state index contributed by atoms with van der Waals surface area (Å²) in [7, 11) is 0. The van der Waals surface area contributed by atoms with Gasteiger partial charge in [0.15, 0.2) is 0 Å². The maximum absolute atomic E-state index is 11.2. The molecule has 2 heterocycles. The number of rotatable bonds is 4. The number of nitrogens with zero attached hydrogens (tertiary/aromatic N) is 1. The maximum Gasteiger partial charge on any atom is 0.348 e. The molecule has 0 aliphatic carbocycles. The van der Waals surface area contributed by atoms with Crippen LogP contribution in [0.1, 0.15) is 35.6 Å². The fraction of sp³-hybridized carbons (Fsp3) is 0.308. The molecule has 6 heteroatoms. The van der Waals surface area contributed by atoms with E-state index in [4.69, 9.17) is 0 Å². The molecule has 5 nitrogen and oxygen atoms in total. The molecule has 19 heavy (non-hydrogen) atoms. The van der Waals surface area contributed by atoms with E-state index in [-0.39, 0.29) is 10.8 Å². The van der Waals surface area contributed by atoms with Crippen molar-refractivity contribution >= 4 is 39.1 Å². The van der Waals surface area contributed by atoms with Crippen molar-refractivity contribution in [3.63, 3.8) is 0 Å². The normalized spacial score (nSPS) is 10.6. The summed E-state index contributed by atoms with van der Waals surface area (Å²) in [5.74, 6) is -1.34. The molecule has 0 bridgehead atoms. The monoisotopic (exact) mass is 278 g/mol. The van der Waals surface area contributed by atoms with E-state index in [0.717, 1.165) is 29.9 Å². The highest BCUT2D eigenvalue weighted by atomic mass is 32.1. The predicted molar refractivity (Wildman–Crippen MR) is 74.9 cm³/mol. The van der Waals surface area contributed by atoms with E-state index in [2.05, 4.69) is 17.2 Å². The molecule has 100 valence electrons. The van der Waals surface area contributed by atoms with Crippen LogP contribution in [0.5, 0.6) is 0 Å². The Morgan fingerprint density at radius 2 is 2.16 bits per heavy atom. The van der Waals surface area contributed by atoms with Crippen molar-refractivity contribution in [2.24, 2.45) is 0 Å². The van der Waals surface area contributed by atoms with Gasteiger partial charge in [-0.3, -0.25) is 4.79 Å². The lowest BCUT2D eigenvalue weighted by Crippen LogP contribution is -2.08. The highest BCUT2D eigenvalue weighted by Gasteiger charge is 2.19. The van der Waals surface area contributed by atoms with Gasteiger partial charge in [0.2, 0.25) is 5.91 Å². The van der Waals surface area contributed by atoms with Crippen LogP contribution in [0.4, 0.5) is 5.69 Å². The second-order valence-corrected chi connectivity index (χ2v) is 5.20. The van der Waals surface area contributed by atoms with Gasteiger partial charge in [-0.2, -0.15) is 0 Å². The number of amides is 1. The Balaban J connectivity index is 2.59. The third-order valence-electron chi connectivity index (χ3n) is 2.61. The molecule has 0 saturated heterocycles. The Hall–Kier alpha value is -1.95. The number of carboxylic acid groups (broad SMARTS) is 1. The number of anilines is 1. The smallest absolute Gasteiger partial charge is 0.348 e. The molecule has 2 aromatic heterocycles. The first-order valence-corrected chi connectivity index (χ1v) is 6.78. The van der Waals surface area contributed by atoms with Crippen molar-refractivity contribution in [1.82, 2.24) is 4.98 Å². The van der Waals surface area contributed by atoms with Crippen molar-refractivity contribution < 1.29 is 14.7 Å². The number of pyridine rings is 1. The number of carbonyl (C=O) groups excluding carboxylic acids is 1. The number of aromatic nitrogens is 1. The molecule has 0 saturated carbocycles. The molecule has 0 aromatic carbocycles. The van der Waals surface area contributed by atoms with Crippen LogP contribution in [0.15, 0.2) is 12.1 Å². The summed E-state index contributed by atoms with van der Waals surface area (Å²) < 4.78 is 0. The third kappa shape index (κ3) is 2.73. The summed E-state index contributed by atoms with van der Waals surface area (Å²) in [4.78, 5) is 27.6. The van der Waals surface area contributed by atoms with Gasteiger partial charge in [-0.05, 0) is 18.6 Å². The van der Waals surface area contributed by atoms with E-state index < -0.39 is 5.97 Å². The largest absolute Gasteiger partial charge is 0.477 e. The van der Waals surface area contributed by atoms with Gasteiger partial charge >= 0.3 is 5.97 Å². The Morgan fingerprint density at radius 1 is 1.42 bits per heavy atom. The molecule has 0 aliphatic heterocycles. The van der Waals surface area contributed by atoms with Gasteiger partial charge in [0.25, 0.3) is 0 Å². The standard InChI is InChI=1S/C13H14N2O3S/c1-3-4-8-5-6-9-10(14-7(2)16)11(13(17)18)19-12(9)15-8/h5-6H,3-4H2,1-2H3,(H,14,16)(H,17,18). The fourth-order valence-electron chi connectivity index (χ4n) is 1.86. The molecular weight excluding hydrogens is 264 g/mol. The Labute approximate surface area is 114 Å². The molecule has 2 N–H and O–H groups in total. The van der Waals surface area contributed by atoms with Gasteiger partial charge in [-0.1, -0.05) is 13.3 Å². The summed E-state index contributed by atoms with van der Waals surface area (Å²) in [6.07, 6.45) is 1.83. The first-order chi connectivity index (χ1) is 9.02. The molecule has 0 aliphatic rings. The van der Waals surface area contributed by atoms with Gasteiger partial charge in [-0.25, -0.2) is 9.78 Å². The number of carbonyl (C=O) groups is 2. The number of thiophene rings is 1. The van der Waals surface area contributed by atoms with Gasteiger partial charge < -0.3 is 10.4 Å². The molecule has 0 fully saturated rings. The van der Waals surface area contributed by atoms with Gasteiger partial charge in [0.05, 0.1) is 5.69 Å². The Kier molecular flexibility index (Phi) is 3.80. The van der Waals surface area contributed by atoms with E-state index >= 15 is 0 Å². The minimum atomic E-state index is -1.05. The second-order valence-electron chi connectivity index (χ2n) is 4.20. The average molecular weight is 278 g/mol. The zero-order valence-electron chi connectivity index (χ0n) is 10.7. The van der Waals surface area contributed by atoms with E-state index in [1.807, 2.05) is 12.1 Å². The summed E-state index contributed by atoms with van der Waals surface area (Å²) >= 11 is 1.09. The second kappa shape index (κ2) is 5.36. The number of aryl methyl sites for hydroxylation is 1. The molecule has 0 spiro atoms. The average Bonchev–Trinajstić information content (AvgIpc) is 2.67. The van der Waals surface area contributed by atoms with Crippen molar-refractivity contribution in [3.8, 4) is 0 Å². The minimum Gasteiger partial charge on any atom is -0.477 e. The van der Waals surface area contributed by atoms with Gasteiger partial charge in [-0.15, -0.1) is 11.3 Å². The van der Waals surface area contributed by atoms with Crippen molar-refractivity contribution in [2.75, 3.05) is 5.32 Å². The SMILES string of the molecule is CCCc1ccc2c(NC(C)=O)c(C(=O)O)sc2n1. The Bertz CT molecular complexity index is 649. The molecular formula is C13H14N2O3S. The first kappa shape index (κ1) is 13.5. The zero-order valence-corrected chi connectivity index (χ0v) is 11.5. The molecule has 2 aromatic rings. The number of fused-ring (bicyclic) bond motifs is 1. The van der Waals surface area contributed by atoms with Crippen molar-refractivity contribution in [1.29, 1.82) is 0 Å². The molecule has 0 unspecified atom stereocenters. The van der Waals surface area contributed by atoms with Crippen LogP contribution < -0.4 is 5.32 Å². The highest BCUT2D eigenvalue weighted by Crippen LogP contribution is 2.35. The van der Waals surface area contributed by atoms with Crippen LogP contribution >= 0.6 is 11.3 Å². The fourth-order valence-corrected chi connectivity index (χ4v) is 2.85. The zero-order chi connectivity index (χ0) is 14.0. The molecule has 0 atom stereocenters. The van der Waals surface area contributed by atoms with Crippen LogP contribution in [0, 0.1) is 0 Å². The highest BCUT2D eigenvalue weighted by molar-refractivity contribution is 7.21. The van der Waals surface area contributed by atoms with Crippen LogP contribution in [0.2, 0.25) is 0 Å². The maximum atomic E-state index is 11.2. The first-order valence-electron chi connectivity index (χ1n) is 5.96. The predicted octanol–water partition coefficient (Wildman–Crippen LogP) is 2.91. The van der Waals surface area contributed by atoms with Crippen LogP contribution in [0.25, 0.3) is 10.2 Å². The molecule has 0 radical (unpaired) electrons. The number of aromatic carboxylic acids is 1. The van der Waals surface area contributed by atoms with E-state index in [1.54, 1.807) is 0 Å². The van der Waals surface area contributed by atoms with E-state index in [0.29, 0.717) is 15.9 Å². The summed E-state index contributed by atoms with van der Waals surface area (Å²) in [5.41, 5.74) is 1.28. The summed E-state index contributed by atoms with van der Waals surface area (Å²) in [5, 5.41) is 12.4. The number of nitrogens with one attached hydrogen (secondary N) is 1. The van der Waals surface area contributed by atoms with Crippen LogP contribution in [-0.4, -0.2) is 22.0 Å². The van der Waals surface area contributed by atoms with E-state index in [9.17, 15) is 14.7 Å². The lowest BCUT2D eigenvalue weighted by Gasteiger charge is -2.02. The summed E-state index contributed by atoms with van der Waals surface area (Å²) in [6.45, 7) is 3.42. The molecule has 2 rings (SSSR count). The van der Waals surface area contributed by atoms with Gasteiger partial charge in [0, 0.05) is 18.0 Å². The lowest BCUT2D eigenvalue weighted by atomic mass is 10.2. The quantitative estimate of drug-likeness (QED) is 0.901.